The SMILES string of the molecule is CC(C)CC(Cc1ccc(Br)cc1)C(=O)O. The van der Waals surface area contributed by atoms with E-state index in [2.05, 4.69) is 29.8 Å². The van der Waals surface area contributed by atoms with Crippen LogP contribution in [0, 0.1) is 11.8 Å². The second kappa shape index (κ2) is 6.04. The largest absolute Gasteiger partial charge is 0.481 e. The standard InChI is InChI=1S/C13H17BrO2/c1-9(2)7-11(13(15)16)8-10-3-5-12(14)6-4-10/h3-6,9,11H,7-8H2,1-2H3,(H,15,16). The van der Waals surface area contributed by atoms with Crippen LogP contribution in [0.15, 0.2) is 28.7 Å². The Morgan fingerprint density at radius 3 is 2.31 bits per heavy atom. The summed E-state index contributed by atoms with van der Waals surface area (Å²) in [5, 5.41) is 9.13. The van der Waals surface area contributed by atoms with Crippen LogP contribution in [-0.2, 0) is 11.2 Å². The summed E-state index contributed by atoms with van der Waals surface area (Å²) in [6, 6.07) is 7.84. The molecule has 0 fully saturated rings. The molecular formula is C13H17BrO2. The van der Waals surface area contributed by atoms with E-state index in [1.54, 1.807) is 0 Å². The van der Waals surface area contributed by atoms with E-state index >= 15 is 0 Å². The Kier molecular flexibility index (Phi) is 5.00. The molecule has 1 rings (SSSR count). The van der Waals surface area contributed by atoms with Crippen molar-refractivity contribution in [2.75, 3.05) is 0 Å². The van der Waals surface area contributed by atoms with Crippen molar-refractivity contribution >= 4 is 21.9 Å². The molecule has 0 heterocycles. The van der Waals surface area contributed by atoms with Gasteiger partial charge in [-0.05, 0) is 36.5 Å². The van der Waals surface area contributed by atoms with E-state index in [0.717, 1.165) is 16.5 Å². The third kappa shape index (κ3) is 4.35. The fourth-order valence-corrected chi connectivity index (χ4v) is 2.01. The Morgan fingerprint density at radius 1 is 1.31 bits per heavy atom. The van der Waals surface area contributed by atoms with Gasteiger partial charge in [0.25, 0.3) is 0 Å². The van der Waals surface area contributed by atoms with Crippen LogP contribution < -0.4 is 0 Å². The fraction of sp³-hybridized carbons (Fsp3) is 0.462. The quantitative estimate of drug-likeness (QED) is 0.894. The van der Waals surface area contributed by atoms with Crippen LogP contribution in [0.5, 0.6) is 0 Å². The van der Waals surface area contributed by atoms with Gasteiger partial charge >= 0.3 is 5.97 Å². The average molecular weight is 285 g/mol. The lowest BCUT2D eigenvalue weighted by Gasteiger charge is -2.14. The molecule has 16 heavy (non-hydrogen) atoms. The topological polar surface area (TPSA) is 37.3 Å². The van der Waals surface area contributed by atoms with Crippen molar-refractivity contribution in [1.29, 1.82) is 0 Å². The van der Waals surface area contributed by atoms with Crippen molar-refractivity contribution in [3.05, 3.63) is 34.3 Å². The molecule has 0 aliphatic rings. The molecule has 3 heteroatoms. The van der Waals surface area contributed by atoms with Gasteiger partial charge in [0.1, 0.15) is 0 Å². The lowest BCUT2D eigenvalue weighted by Crippen LogP contribution is -2.18. The van der Waals surface area contributed by atoms with Crippen LogP contribution in [0.1, 0.15) is 25.8 Å². The number of halogens is 1. The zero-order valence-corrected chi connectivity index (χ0v) is 11.2. The first kappa shape index (κ1) is 13.2. The highest BCUT2D eigenvalue weighted by Crippen LogP contribution is 2.19. The van der Waals surface area contributed by atoms with E-state index in [4.69, 9.17) is 5.11 Å². The molecule has 1 N–H and O–H groups in total. The van der Waals surface area contributed by atoms with Crippen molar-refractivity contribution in [2.45, 2.75) is 26.7 Å². The molecule has 0 saturated carbocycles. The maximum absolute atomic E-state index is 11.1. The number of carboxylic acids is 1. The Balaban J connectivity index is 2.68. The minimum Gasteiger partial charge on any atom is -0.481 e. The monoisotopic (exact) mass is 284 g/mol. The van der Waals surface area contributed by atoms with Crippen LogP contribution in [0.4, 0.5) is 0 Å². The number of hydrogen-bond acceptors (Lipinski definition) is 1. The van der Waals surface area contributed by atoms with Crippen molar-refractivity contribution < 1.29 is 9.90 Å². The summed E-state index contributed by atoms with van der Waals surface area (Å²) in [6.45, 7) is 4.11. The van der Waals surface area contributed by atoms with Gasteiger partial charge in [-0.2, -0.15) is 0 Å². The number of carboxylic acid groups (broad SMARTS) is 1. The third-order valence-electron chi connectivity index (χ3n) is 2.50. The van der Waals surface area contributed by atoms with Crippen molar-refractivity contribution in [3.63, 3.8) is 0 Å². The molecule has 1 aromatic carbocycles. The van der Waals surface area contributed by atoms with Gasteiger partial charge in [-0.3, -0.25) is 4.79 Å². The highest BCUT2D eigenvalue weighted by Gasteiger charge is 2.19. The third-order valence-corrected chi connectivity index (χ3v) is 3.03. The molecule has 1 aromatic rings. The number of carbonyl (C=O) groups is 1. The molecule has 88 valence electrons. The van der Waals surface area contributed by atoms with Crippen molar-refractivity contribution in [1.82, 2.24) is 0 Å². The van der Waals surface area contributed by atoms with Gasteiger partial charge in [0.2, 0.25) is 0 Å². The lowest BCUT2D eigenvalue weighted by atomic mass is 9.91. The zero-order chi connectivity index (χ0) is 12.1. The highest BCUT2D eigenvalue weighted by molar-refractivity contribution is 9.10. The van der Waals surface area contributed by atoms with Gasteiger partial charge in [0.15, 0.2) is 0 Å². The first-order valence-electron chi connectivity index (χ1n) is 5.46. The maximum Gasteiger partial charge on any atom is 0.306 e. The minimum absolute atomic E-state index is 0.277. The van der Waals surface area contributed by atoms with Gasteiger partial charge in [-0.25, -0.2) is 0 Å². The number of hydrogen-bond donors (Lipinski definition) is 1. The van der Waals surface area contributed by atoms with Gasteiger partial charge in [-0.15, -0.1) is 0 Å². The summed E-state index contributed by atoms with van der Waals surface area (Å²) >= 11 is 3.36. The Labute approximate surface area is 105 Å². The Hall–Kier alpha value is -0.830. The van der Waals surface area contributed by atoms with Crippen LogP contribution >= 0.6 is 15.9 Å². The highest BCUT2D eigenvalue weighted by atomic mass is 79.9. The molecule has 1 atom stereocenters. The van der Waals surface area contributed by atoms with Gasteiger partial charge < -0.3 is 5.11 Å². The smallest absolute Gasteiger partial charge is 0.306 e. The van der Waals surface area contributed by atoms with Crippen LogP contribution in [0.25, 0.3) is 0 Å². The van der Waals surface area contributed by atoms with E-state index in [1.165, 1.54) is 0 Å². The summed E-state index contributed by atoms with van der Waals surface area (Å²) in [4.78, 5) is 11.1. The molecule has 0 aliphatic heterocycles. The van der Waals surface area contributed by atoms with Crippen molar-refractivity contribution in [3.8, 4) is 0 Å². The molecule has 0 amide bonds. The predicted molar refractivity (Wildman–Crippen MR) is 68.4 cm³/mol. The molecule has 1 unspecified atom stereocenters. The maximum atomic E-state index is 11.1. The molecule has 0 saturated heterocycles. The van der Waals surface area contributed by atoms with Crippen LogP contribution in [0.2, 0.25) is 0 Å². The number of rotatable bonds is 5. The second-order valence-corrected chi connectivity index (χ2v) is 5.41. The first-order valence-corrected chi connectivity index (χ1v) is 6.25. The van der Waals surface area contributed by atoms with E-state index < -0.39 is 5.97 Å². The summed E-state index contributed by atoms with van der Waals surface area (Å²) < 4.78 is 1.02. The lowest BCUT2D eigenvalue weighted by molar-refractivity contribution is -0.142. The molecule has 0 aliphatic carbocycles. The van der Waals surface area contributed by atoms with E-state index in [1.807, 2.05) is 24.3 Å². The van der Waals surface area contributed by atoms with Crippen molar-refractivity contribution in [2.24, 2.45) is 11.8 Å². The molecule has 2 nitrogen and oxygen atoms in total. The van der Waals surface area contributed by atoms with E-state index in [-0.39, 0.29) is 5.92 Å². The predicted octanol–water partition coefficient (Wildman–Crippen LogP) is 3.74. The fourth-order valence-electron chi connectivity index (χ4n) is 1.75. The summed E-state index contributed by atoms with van der Waals surface area (Å²) in [5.41, 5.74) is 1.08. The van der Waals surface area contributed by atoms with Gasteiger partial charge in [0.05, 0.1) is 5.92 Å². The summed E-state index contributed by atoms with van der Waals surface area (Å²) in [5.74, 6) is -0.561. The zero-order valence-electron chi connectivity index (χ0n) is 9.61. The molecule has 0 aromatic heterocycles. The van der Waals surface area contributed by atoms with Gasteiger partial charge in [0, 0.05) is 4.47 Å². The van der Waals surface area contributed by atoms with E-state index in [9.17, 15) is 4.79 Å². The minimum atomic E-state index is -0.698. The normalized spacial score (nSPS) is 12.8. The second-order valence-electron chi connectivity index (χ2n) is 4.50. The van der Waals surface area contributed by atoms with Crippen LogP contribution in [0.3, 0.4) is 0 Å². The average Bonchev–Trinajstić information content (AvgIpc) is 2.19. The molecular weight excluding hydrogens is 268 g/mol. The summed E-state index contributed by atoms with van der Waals surface area (Å²) in [7, 11) is 0. The number of aliphatic carboxylic acids is 1. The van der Waals surface area contributed by atoms with E-state index in [0.29, 0.717) is 12.3 Å². The number of benzene rings is 1. The molecule has 0 bridgehead atoms. The Bertz CT molecular complexity index is 343. The summed E-state index contributed by atoms with van der Waals surface area (Å²) in [6.07, 6.45) is 1.34. The molecule has 0 radical (unpaired) electrons. The molecule has 0 spiro atoms. The van der Waals surface area contributed by atoms with Gasteiger partial charge in [-0.1, -0.05) is 41.9 Å². The first-order chi connectivity index (χ1) is 7.49. The Morgan fingerprint density at radius 2 is 1.88 bits per heavy atom. The van der Waals surface area contributed by atoms with Crippen LogP contribution in [-0.4, -0.2) is 11.1 Å².